The van der Waals surface area contributed by atoms with Gasteiger partial charge in [-0.1, -0.05) is 11.8 Å². The lowest BCUT2D eigenvalue weighted by Gasteiger charge is -1.98. The molecule has 0 bridgehead atoms. The number of rotatable bonds is 4. The summed E-state index contributed by atoms with van der Waals surface area (Å²) in [6.45, 7) is 1.93. The number of aromatic amines is 1. The van der Waals surface area contributed by atoms with E-state index in [1.54, 1.807) is 30.7 Å². The molecule has 0 saturated heterocycles. The highest BCUT2D eigenvalue weighted by molar-refractivity contribution is 7.99. The van der Waals surface area contributed by atoms with Crippen LogP contribution in [0.5, 0.6) is 0 Å². The number of thioether (sulfide) groups is 1. The van der Waals surface area contributed by atoms with Crippen molar-refractivity contribution in [2.75, 3.05) is 5.75 Å². The van der Waals surface area contributed by atoms with Gasteiger partial charge in [0.15, 0.2) is 10.9 Å². The fourth-order valence-corrected chi connectivity index (χ4v) is 1.84. The summed E-state index contributed by atoms with van der Waals surface area (Å²) in [5, 5.41) is 0.630. The predicted molar refractivity (Wildman–Crippen MR) is 62.6 cm³/mol. The van der Waals surface area contributed by atoms with Crippen molar-refractivity contribution >= 4 is 17.5 Å². The molecule has 0 unspecified atom stereocenters. The first kappa shape index (κ1) is 10.9. The summed E-state index contributed by atoms with van der Waals surface area (Å²) < 4.78 is 0. The van der Waals surface area contributed by atoms with Crippen molar-refractivity contribution in [1.82, 2.24) is 15.0 Å². The molecule has 16 heavy (non-hydrogen) atoms. The third-order valence-electron chi connectivity index (χ3n) is 1.99. The quantitative estimate of drug-likeness (QED) is 0.499. The molecule has 0 saturated carbocycles. The van der Waals surface area contributed by atoms with E-state index >= 15 is 0 Å². The molecule has 0 aliphatic carbocycles. The molecule has 4 nitrogen and oxygen atoms in total. The smallest absolute Gasteiger partial charge is 0.189 e. The van der Waals surface area contributed by atoms with Crippen molar-refractivity contribution < 1.29 is 4.79 Å². The monoisotopic (exact) mass is 233 g/mol. The second-order valence-electron chi connectivity index (χ2n) is 3.34. The predicted octanol–water partition coefficient (Wildman–Crippen LogP) is 2.09. The number of H-pyrrole nitrogens is 1. The summed E-state index contributed by atoms with van der Waals surface area (Å²) >= 11 is 1.34. The molecule has 0 fully saturated rings. The van der Waals surface area contributed by atoms with E-state index in [2.05, 4.69) is 15.0 Å². The summed E-state index contributed by atoms with van der Waals surface area (Å²) in [6, 6.07) is 3.57. The summed E-state index contributed by atoms with van der Waals surface area (Å²) in [7, 11) is 0. The third kappa shape index (κ3) is 2.70. The Kier molecular flexibility index (Phi) is 3.36. The zero-order chi connectivity index (χ0) is 11.4. The highest BCUT2D eigenvalue weighted by Gasteiger charge is 2.07. The van der Waals surface area contributed by atoms with Crippen LogP contribution in [-0.4, -0.2) is 26.5 Å². The average Bonchev–Trinajstić information content (AvgIpc) is 2.81. The van der Waals surface area contributed by atoms with E-state index in [1.807, 2.05) is 6.92 Å². The highest BCUT2D eigenvalue weighted by atomic mass is 32.2. The number of aromatic nitrogens is 3. The fourth-order valence-electron chi connectivity index (χ4n) is 1.17. The maximum absolute atomic E-state index is 11.6. The number of hydrogen-bond donors (Lipinski definition) is 1. The Morgan fingerprint density at radius 2 is 2.19 bits per heavy atom. The molecule has 0 aromatic carbocycles. The van der Waals surface area contributed by atoms with E-state index in [4.69, 9.17) is 0 Å². The van der Waals surface area contributed by atoms with E-state index < -0.39 is 0 Å². The first-order valence-electron chi connectivity index (χ1n) is 4.84. The molecule has 0 aliphatic rings. The number of nitrogens with zero attached hydrogens (tertiary/aromatic N) is 2. The molecule has 82 valence electrons. The van der Waals surface area contributed by atoms with Crippen molar-refractivity contribution in [2.24, 2.45) is 0 Å². The van der Waals surface area contributed by atoms with Gasteiger partial charge in [-0.15, -0.1) is 0 Å². The van der Waals surface area contributed by atoms with Gasteiger partial charge in [0.1, 0.15) is 0 Å². The molecule has 0 atom stereocenters. The van der Waals surface area contributed by atoms with Gasteiger partial charge in [0.25, 0.3) is 0 Å². The van der Waals surface area contributed by atoms with Crippen molar-refractivity contribution in [1.29, 1.82) is 0 Å². The molecule has 1 N–H and O–H groups in total. The SMILES string of the molecule is Cc1cnc(SCC(=O)c2ccc[nH]2)nc1. The molecule has 0 amide bonds. The van der Waals surface area contributed by atoms with E-state index in [1.165, 1.54) is 11.8 Å². The van der Waals surface area contributed by atoms with Gasteiger partial charge in [-0.2, -0.15) is 0 Å². The van der Waals surface area contributed by atoms with Gasteiger partial charge in [0, 0.05) is 18.6 Å². The Labute approximate surface area is 97.5 Å². The van der Waals surface area contributed by atoms with Crippen LogP contribution in [-0.2, 0) is 0 Å². The van der Waals surface area contributed by atoms with Crippen LogP contribution in [0.3, 0.4) is 0 Å². The fraction of sp³-hybridized carbons (Fsp3) is 0.182. The van der Waals surface area contributed by atoms with E-state index in [0.717, 1.165) is 5.56 Å². The van der Waals surface area contributed by atoms with Gasteiger partial charge in [0.2, 0.25) is 0 Å². The molecule has 2 aromatic rings. The first-order valence-corrected chi connectivity index (χ1v) is 5.82. The van der Waals surface area contributed by atoms with Crippen LogP contribution in [0.2, 0.25) is 0 Å². The van der Waals surface area contributed by atoms with Crippen molar-refractivity contribution in [3.63, 3.8) is 0 Å². The molecule has 2 heterocycles. The van der Waals surface area contributed by atoms with Crippen LogP contribution in [0.15, 0.2) is 35.9 Å². The molecular formula is C11H11N3OS. The first-order chi connectivity index (χ1) is 7.75. The van der Waals surface area contributed by atoms with Gasteiger partial charge < -0.3 is 4.98 Å². The lowest BCUT2D eigenvalue weighted by atomic mass is 10.3. The van der Waals surface area contributed by atoms with Crippen molar-refractivity contribution in [2.45, 2.75) is 12.1 Å². The Bertz CT molecular complexity index is 464. The summed E-state index contributed by atoms with van der Waals surface area (Å²) in [6.07, 6.45) is 5.23. The number of carbonyl (C=O) groups is 1. The Hall–Kier alpha value is -1.62. The number of aryl methyl sites for hydroxylation is 1. The molecule has 0 radical (unpaired) electrons. The van der Waals surface area contributed by atoms with Crippen molar-refractivity contribution in [3.8, 4) is 0 Å². The number of carbonyl (C=O) groups excluding carboxylic acids is 1. The zero-order valence-corrected chi connectivity index (χ0v) is 9.62. The lowest BCUT2D eigenvalue weighted by Crippen LogP contribution is -2.03. The van der Waals surface area contributed by atoms with Crippen LogP contribution in [0.4, 0.5) is 0 Å². The molecule has 2 aromatic heterocycles. The van der Waals surface area contributed by atoms with E-state index in [0.29, 0.717) is 16.6 Å². The normalized spacial score (nSPS) is 10.3. The number of ketones is 1. The summed E-state index contributed by atoms with van der Waals surface area (Å²) in [5.74, 6) is 0.406. The maximum Gasteiger partial charge on any atom is 0.189 e. The van der Waals surface area contributed by atoms with Gasteiger partial charge in [-0.05, 0) is 24.6 Å². The number of hydrogen-bond acceptors (Lipinski definition) is 4. The lowest BCUT2D eigenvalue weighted by molar-refractivity contribution is 0.101. The van der Waals surface area contributed by atoms with Gasteiger partial charge in [-0.25, -0.2) is 9.97 Å². The highest BCUT2D eigenvalue weighted by Crippen LogP contribution is 2.13. The molecule has 2 rings (SSSR count). The second-order valence-corrected chi connectivity index (χ2v) is 4.28. The van der Waals surface area contributed by atoms with Crippen LogP contribution < -0.4 is 0 Å². The minimum absolute atomic E-state index is 0.0548. The number of nitrogens with one attached hydrogen (secondary N) is 1. The molecule has 5 heteroatoms. The van der Waals surface area contributed by atoms with E-state index in [-0.39, 0.29) is 5.78 Å². The zero-order valence-electron chi connectivity index (χ0n) is 8.80. The Morgan fingerprint density at radius 1 is 1.44 bits per heavy atom. The minimum Gasteiger partial charge on any atom is -0.359 e. The summed E-state index contributed by atoms with van der Waals surface area (Å²) in [4.78, 5) is 22.8. The van der Waals surface area contributed by atoms with Gasteiger partial charge in [-0.3, -0.25) is 4.79 Å². The van der Waals surface area contributed by atoms with Crippen molar-refractivity contribution in [3.05, 3.63) is 42.0 Å². The standard InChI is InChI=1S/C11H11N3OS/c1-8-5-13-11(14-6-8)16-7-10(15)9-3-2-4-12-9/h2-6,12H,7H2,1H3. The molecule has 0 spiro atoms. The molecular weight excluding hydrogens is 222 g/mol. The number of Topliss-reactive ketones (excluding diaryl/α,β-unsaturated/α-hetero) is 1. The Balaban J connectivity index is 1.93. The van der Waals surface area contributed by atoms with Gasteiger partial charge >= 0.3 is 0 Å². The van der Waals surface area contributed by atoms with E-state index in [9.17, 15) is 4.79 Å². The maximum atomic E-state index is 11.6. The van der Waals surface area contributed by atoms with Gasteiger partial charge in [0.05, 0.1) is 11.4 Å². The molecule has 0 aliphatic heterocycles. The average molecular weight is 233 g/mol. The largest absolute Gasteiger partial charge is 0.359 e. The van der Waals surface area contributed by atoms with Crippen LogP contribution in [0.1, 0.15) is 16.1 Å². The topological polar surface area (TPSA) is 58.6 Å². The Morgan fingerprint density at radius 3 is 2.81 bits per heavy atom. The van der Waals surface area contributed by atoms with Crippen LogP contribution >= 0.6 is 11.8 Å². The van der Waals surface area contributed by atoms with Crippen LogP contribution in [0.25, 0.3) is 0 Å². The minimum atomic E-state index is 0.0548. The second kappa shape index (κ2) is 4.94. The summed E-state index contributed by atoms with van der Waals surface area (Å²) in [5.41, 5.74) is 1.64. The third-order valence-corrected chi connectivity index (χ3v) is 2.86. The van der Waals surface area contributed by atoms with Crippen LogP contribution in [0, 0.1) is 6.92 Å².